The van der Waals surface area contributed by atoms with Crippen molar-refractivity contribution in [2.45, 2.75) is 25.0 Å². The Bertz CT molecular complexity index is 856. The van der Waals surface area contributed by atoms with Crippen molar-refractivity contribution in [3.63, 3.8) is 0 Å². The highest BCUT2D eigenvalue weighted by molar-refractivity contribution is 6.09. The highest BCUT2D eigenvalue weighted by Crippen LogP contribution is 2.37. The summed E-state index contributed by atoms with van der Waals surface area (Å²) in [5.41, 5.74) is 0.204. The molecule has 0 radical (unpaired) electrons. The average Bonchev–Trinajstić information content (AvgIpc) is 2.99. The number of imide groups is 1. The van der Waals surface area contributed by atoms with Gasteiger partial charge in [0.25, 0.3) is 5.91 Å². The molecule has 7 nitrogen and oxygen atoms in total. The molecule has 2 aromatic rings. The monoisotopic (exact) mass is 396 g/mol. The van der Waals surface area contributed by atoms with E-state index in [4.69, 9.17) is 9.47 Å². The maximum Gasteiger partial charge on any atom is 0.325 e. The van der Waals surface area contributed by atoms with Gasteiger partial charge in [0.05, 0.1) is 20.1 Å². The Morgan fingerprint density at radius 2 is 1.69 bits per heavy atom. The van der Waals surface area contributed by atoms with Gasteiger partial charge in [-0.3, -0.25) is 14.9 Å². The van der Waals surface area contributed by atoms with E-state index in [9.17, 15) is 14.4 Å². The van der Waals surface area contributed by atoms with Crippen molar-refractivity contribution in [1.82, 2.24) is 10.2 Å². The molecule has 1 aliphatic rings. The summed E-state index contributed by atoms with van der Waals surface area (Å²) in [6.07, 6.45) is 0.263. The van der Waals surface area contributed by atoms with Crippen LogP contribution in [0.3, 0.4) is 0 Å². The van der Waals surface area contributed by atoms with Gasteiger partial charge in [-0.2, -0.15) is 0 Å². The Kier molecular flexibility index (Phi) is 6.61. The van der Waals surface area contributed by atoms with Crippen LogP contribution in [-0.2, 0) is 31.2 Å². The standard InChI is InChI=1S/C22H24N2O5/c1-28-19(25)15-22(18-11-6-3-7-12-18)20(26)23-21(27)24(22)13-8-14-29-16-17-9-4-2-5-10-17/h2-7,9-12H,8,13-16H2,1H3,(H,23,26,27). The number of hydrogen-bond donors (Lipinski definition) is 1. The lowest BCUT2D eigenvalue weighted by Gasteiger charge is -2.35. The fourth-order valence-corrected chi connectivity index (χ4v) is 3.50. The molecule has 1 heterocycles. The zero-order valence-electron chi connectivity index (χ0n) is 16.3. The summed E-state index contributed by atoms with van der Waals surface area (Å²) < 4.78 is 10.5. The second-order valence-electron chi connectivity index (χ2n) is 6.78. The molecule has 2 aromatic carbocycles. The van der Waals surface area contributed by atoms with Crippen molar-refractivity contribution in [1.29, 1.82) is 0 Å². The second kappa shape index (κ2) is 9.34. The number of esters is 1. The summed E-state index contributed by atoms with van der Waals surface area (Å²) >= 11 is 0. The number of methoxy groups -OCH3 is 1. The van der Waals surface area contributed by atoms with Crippen LogP contribution >= 0.6 is 0 Å². The van der Waals surface area contributed by atoms with Crippen LogP contribution in [0.5, 0.6) is 0 Å². The molecular formula is C22H24N2O5. The van der Waals surface area contributed by atoms with Gasteiger partial charge in [-0.25, -0.2) is 4.79 Å². The third-order valence-corrected chi connectivity index (χ3v) is 4.96. The molecule has 152 valence electrons. The minimum Gasteiger partial charge on any atom is -0.469 e. The fraction of sp³-hybridized carbons (Fsp3) is 0.318. The van der Waals surface area contributed by atoms with Crippen LogP contribution in [0.25, 0.3) is 0 Å². The molecule has 1 aliphatic heterocycles. The molecule has 0 bridgehead atoms. The number of hydrogen-bond acceptors (Lipinski definition) is 5. The summed E-state index contributed by atoms with van der Waals surface area (Å²) in [6, 6.07) is 18.1. The van der Waals surface area contributed by atoms with Crippen molar-refractivity contribution < 1.29 is 23.9 Å². The van der Waals surface area contributed by atoms with E-state index in [0.717, 1.165) is 5.56 Å². The van der Waals surface area contributed by atoms with Crippen molar-refractivity contribution in [3.05, 3.63) is 71.8 Å². The van der Waals surface area contributed by atoms with Gasteiger partial charge in [0.1, 0.15) is 0 Å². The number of benzene rings is 2. The number of ether oxygens (including phenoxy) is 2. The molecule has 1 N–H and O–H groups in total. The van der Waals surface area contributed by atoms with E-state index >= 15 is 0 Å². The topological polar surface area (TPSA) is 84.9 Å². The van der Waals surface area contributed by atoms with Crippen LogP contribution in [0.2, 0.25) is 0 Å². The number of carbonyl (C=O) groups excluding carboxylic acids is 3. The lowest BCUT2D eigenvalue weighted by Crippen LogP contribution is -2.49. The number of carbonyl (C=O) groups is 3. The Morgan fingerprint density at radius 1 is 1.03 bits per heavy atom. The molecule has 0 saturated carbocycles. The van der Waals surface area contributed by atoms with Gasteiger partial charge in [0.15, 0.2) is 5.54 Å². The van der Waals surface area contributed by atoms with Crippen molar-refractivity contribution >= 4 is 17.9 Å². The molecule has 0 aromatic heterocycles. The quantitative estimate of drug-likeness (QED) is 0.400. The molecule has 3 rings (SSSR count). The highest BCUT2D eigenvalue weighted by Gasteiger charge is 2.55. The third-order valence-electron chi connectivity index (χ3n) is 4.96. The van der Waals surface area contributed by atoms with Gasteiger partial charge in [0, 0.05) is 13.2 Å². The molecule has 0 spiro atoms. The molecule has 0 aliphatic carbocycles. The van der Waals surface area contributed by atoms with Gasteiger partial charge in [0.2, 0.25) is 0 Å². The largest absolute Gasteiger partial charge is 0.469 e. The normalized spacial score (nSPS) is 18.6. The molecule has 1 saturated heterocycles. The van der Waals surface area contributed by atoms with Gasteiger partial charge in [-0.1, -0.05) is 60.7 Å². The predicted octanol–water partition coefficient (Wildman–Crippen LogP) is 2.60. The predicted molar refractivity (Wildman–Crippen MR) is 106 cm³/mol. The van der Waals surface area contributed by atoms with E-state index in [-0.39, 0.29) is 13.0 Å². The molecule has 3 amide bonds. The first-order valence-corrected chi connectivity index (χ1v) is 9.45. The summed E-state index contributed by atoms with van der Waals surface area (Å²) in [4.78, 5) is 38.9. The fourth-order valence-electron chi connectivity index (χ4n) is 3.50. The summed E-state index contributed by atoms with van der Waals surface area (Å²) in [5, 5.41) is 2.35. The SMILES string of the molecule is COC(=O)CC1(c2ccccc2)C(=O)NC(=O)N1CCCOCc1ccccc1. The van der Waals surface area contributed by atoms with Gasteiger partial charge in [-0.05, 0) is 17.5 Å². The zero-order valence-corrected chi connectivity index (χ0v) is 16.3. The number of rotatable bonds is 9. The Morgan fingerprint density at radius 3 is 2.34 bits per heavy atom. The number of nitrogens with one attached hydrogen (secondary N) is 1. The van der Waals surface area contributed by atoms with Crippen molar-refractivity contribution in [3.8, 4) is 0 Å². The third kappa shape index (κ3) is 4.46. The first-order chi connectivity index (χ1) is 14.1. The minimum atomic E-state index is -1.43. The lowest BCUT2D eigenvalue weighted by molar-refractivity contribution is -0.147. The molecule has 1 atom stereocenters. The van der Waals surface area contributed by atoms with Crippen molar-refractivity contribution in [2.75, 3.05) is 20.3 Å². The number of amides is 3. The van der Waals surface area contributed by atoms with Crippen LogP contribution in [0, 0.1) is 0 Å². The Labute approximate surface area is 169 Å². The van der Waals surface area contributed by atoms with E-state index in [2.05, 4.69) is 5.32 Å². The Balaban J connectivity index is 1.72. The number of urea groups is 1. The van der Waals surface area contributed by atoms with E-state index < -0.39 is 23.4 Å². The lowest BCUT2D eigenvalue weighted by atomic mass is 9.85. The van der Waals surface area contributed by atoms with Crippen LogP contribution in [0.1, 0.15) is 24.0 Å². The van der Waals surface area contributed by atoms with E-state index in [1.807, 2.05) is 36.4 Å². The summed E-state index contributed by atoms with van der Waals surface area (Å²) in [5.74, 6) is -1.09. The van der Waals surface area contributed by atoms with E-state index in [1.54, 1.807) is 24.3 Å². The van der Waals surface area contributed by atoms with E-state index in [0.29, 0.717) is 25.2 Å². The van der Waals surface area contributed by atoms with Gasteiger partial charge < -0.3 is 14.4 Å². The molecule has 1 fully saturated rings. The molecule has 7 heteroatoms. The number of nitrogens with zero attached hydrogens (tertiary/aromatic N) is 1. The van der Waals surface area contributed by atoms with Gasteiger partial charge in [-0.15, -0.1) is 0 Å². The van der Waals surface area contributed by atoms with E-state index in [1.165, 1.54) is 12.0 Å². The van der Waals surface area contributed by atoms with Crippen LogP contribution in [-0.4, -0.2) is 43.1 Å². The van der Waals surface area contributed by atoms with Crippen molar-refractivity contribution in [2.24, 2.45) is 0 Å². The highest BCUT2D eigenvalue weighted by atomic mass is 16.5. The Hall–Kier alpha value is -3.19. The van der Waals surface area contributed by atoms with Crippen LogP contribution in [0.15, 0.2) is 60.7 Å². The summed E-state index contributed by atoms with van der Waals surface area (Å²) in [7, 11) is 1.26. The zero-order chi connectivity index (χ0) is 20.7. The van der Waals surface area contributed by atoms with Crippen LogP contribution in [0.4, 0.5) is 4.79 Å². The van der Waals surface area contributed by atoms with Gasteiger partial charge >= 0.3 is 12.0 Å². The first kappa shape index (κ1) is 20.5. The average molecular weight is 396 g/mol. The maximum absolute atomic E-state index is 12.8. The maximum atomic E-state index is 12.8. The summed E-state index contributed by atoms with van der Waals surface area (Å²) in [6.45, 7) is 1.15. The molecule has 29 heavy (non-hydrogen) atoms. The second-order valence-corrected chi connectivity index (χ2v) is 6.78. The molecule has 1 unspecified atom stereocenters. The smallest absolute Gasteiger partial charge is 0.325 e. The van der Waals surface area contributed by atoms with Crippen LogP contribution < -0.4 is 5.32 Å². The minimum absolute atomic E-state index is 0.254. The first-order valence-electron chi connectivity index (χ1n) is 9.45. The molecular weight excluding hydrogens is 372 g/mol.